The lowest BCUT2D eigenvalue weighted by Crippen LogP contribution is -2.22. The Kier molecular flexibility index (Phi) is 2.80. The van der Waals surface area contributed by atoms with Crippen molar-refractivity contribution in [1.82, 2.24) is 9.97 Å². The highest BCUT2D eigenvalue weighted by atomic mass is 16.4. The van der Waals surface area contributed by atoms with Crippen LogP contribution in [0.2, 0.25) is 1.41 Å². The second-order valence-electron chi connectivity index (χ2n) is 6.49. The van der Waals surface area contributed by atoms with Gasteiger partial charge in [-0.3, -0.25) is 9.59 Å². The molecule has 172 valence electrons. The lowest BCUT2D eigenvalue weighted by atomic mass is 10.1. The molecule has 1 amide bonds. The average molecular weight is 467 g/mol. The summed E-state index contributed by atoms with van der Waals surface area (Å²) in [6.45, 7) is -6.16. The molecule has 3 rings (SSSR count). The molecule has 33 heavy (non-hydrogen) atoms. The molecule has 0 spiro atoms. The molecule has 8 heteroatoms. The zero-order valence-corrected chi connectivity index (χ0v) is 17.5. The van der Waals surface area contributed by atoms with Gasteiger partial charge in [0.05, 0.1) is 17.3 Å². The van der Waals surface area contributed by atoms with Crippen molar-refractivity contribution < 1.29 is 40.8 Å². The lowest BCUT2D eigenvalue weighted by molar-refractivity contribution is -0.136. The molecule has 0 aliphatic rings. The van der Waals surface area contributed by atoms with Crippen molar-refractivity contribution in [3.05, 3.63) is 76.4 Å². The first-order valence-electron chi connectivity index (χ1n) is 18.5. The molecule has 2 N–H and O–H groups in total. The smallest absolute Gasteiger partial charge is 0.308 e. The number of anilines is 3. The highest BCUT2D eigenvalue weighted by molar-refractivity contribution is 6.04. The summed E-state index contributed by atoms with van der Waals surface area (Å²) in [5.74, 6) is -7.39. The summed E-state index contributed by atoms with van der Waals surface area (Å²) >= 11 is 0. The SMILES string of the molecule is [2H]c1c([2H])c(C(=O)N([2H])c2c([2H])c([2H])c(C([2H])([2H])c3nc(N(C)C)c(C([2H])([2H])C(=O)O)c(N(C([2H])([2H])[2H])C([2H])([2H])[2H])n3)c([2H])c2[2H])c([2H])c([2H])c1C. The van der Waals surface area contributed by atoms with Crippen LogP contribution in [0.5, 0.6) is 0 Å². The fourth-order valence-corrected chi connectivity index (χ4v) is 2.37. The monoisotopic (exact) mass is 466 g/mol. The van der Waals surface area contributed by atoms with Gasteiger partial charge in [-0.1, -0.05) is 29.7 Å². The Hall–Kier alpha value is -3.94. The number of aliphatic carboxylic acids is 1. The Bertz CT molecular complexity index is 1910. The van der Waals surface area contributed by atoms with Gasteiger partial charge < -0.3 is 20.2 Å². The molecule has 0 unspecified atom stereocenters. The van der Waals surface area contributed by atoms with Gasteiger partial charge >= 0.3 is 5.97 Å². The maximum absolute atomic E-state index is 13.3. The number of carboxylic acids is 1. The van der Waals surface area contributed by atoms with E-state index in [9.17, 15) is 14.7 Å². The van der Waals surface area contributed by atoms with Gasteiger partial charge in [-0.05, 0) is 36.7 Å². The summed E-state index contributed by atoms with van der Waals surface area (Å²) in [5.41, 5.74) is -4.62. The van der Waals surface area contributed by atoms with Crippen LogP contribution in [0.25, 0.3) is 0 Å². The maximum Gasteiger partial charge on any atom is 0.308 e. The normalized spacial score (nSPS) is 20.5. The molecule has 1 aromatic heterocycles. The van der Waals surface area contributed by atoms with E-state index in [-0.39, 0.29) is 10.9 Å². The van der Waals surface area contributed by atoms with Crippen LogP contribution in [0.1, 0.15) is 57.5 Å². The topological polar surface area (TPSA) is 98.7 Å². The number of benzene rings is 2. The van der Waals surface area contributed by atoms with Crippen LogP contribution in [-0.2, 0) is 17.5 Å². The van der Waals surface area contributed by atoms with E-state index in [2.05, 4.69) is 9.97 Å². The van der Waals surface area contributed by atoms with Crippen LogP contribution >= 0.6 is 0 Å². The molecule has 0 atom stereocenters. The van der Waals surface area contributed by atoms with Gasteiger partial charge in [0, 0.05) is 64.9 Å². The molecule has 2 aromatic carbocycles. The summed E-state index contributed by atoms with van der Waals surface area (Å²) < 4.78 is 156. The zero-order chi connectivity index (χ0) is 40.5. The Balaban J connectivity index is 2.45. The first-order valence-corrected chi connectivity index (χ1v) is 9.01. The van der Waals surface area contributed by atoms with E-state index in [1.165, 1.54) is 6.92 Å². The number of carboxylic acid groups (broad SMARTS) is 1. The number of hydrogen-bond acceptors (Lipinski definition) is 6. The summed E-state index contributed by atoms with van der Waals surface area (Å²) in [6, 6.07) is -8.04. The number of rotatable bonds is 8. The molecule has 0 radical (unpaired) electrons. The second-order valence-corrected chi connectivity index (χ2v) is 6.49. The highest BCUT2D eigenvalue weighted by Gasteiger charge is 2.20. The van der Waals surface area contributed by atoms with E-state index in [0.717, 1.165) is 19.0 Å². The van der Waals surface area contributed by atoms with Crippen molar-refractivity contribution in [2.45, 2.75) is 19.7 Å². The number of hydrogen-bond donors (Lipinski definition) is 2. The molecule has 3 aromatic rings. The van der Waals surface area contributed by atoms with Crippen molar-refractivity contribution in [3.63, 3.8) is 0 Å². The maximum atomic E-state index is 13.3. The summed E-state index contributed by atoms with van der Waals surface area (Å²) in [5, 5.41) is 9.48. The number of carbonyl (C=O) groups excluding carboxylic acids is 1. The van der Waals surface area contributed by atoms with Gasteiger partial charge in [-0.2, -0.15) is 0 Å². The van der Waals surface area contributed by atoms with E-state index >= 15 is 0 Å². The first-order chi connectivity index (χ1) is 23.4. The molecule has 0 aliphatic heterocycles. The van der Waals surface area contributed by atoms with Gasteiger partial charge in [-0.15, -0.1) is 0 Å². The van der Waals surface area contributed by atoms with E-state index < -0.39 is 132 Å². The van der Waals surface area contributed by atoms with E-state index in [0.29, 0.717) is 0 Å². The largest absolute Gasteiger partial charge is 0.481 e. The van der Waals surface area contributed by atoms with Crippen molar-refractivity contribution in [2.75, 3.05) is 43.2 Å². The number of nitrogens with zero attached hydrogens (tertiary/aromatic N) is 4. The molecule has 0 aliphatic carbocycles. The van der Waals surface area contributed by atoms with Crippen LogP contribution in [0.3, 0.4) is 0 Å². The average Bonchev–Trinajstić information content (AvgIpc) is 2.99. The van der Waals surface area contributed by atoms with Gasteiger partial charge in [-0.25, -0.2) is 9.97 Å². The van der Waals surface area contributed by atoms with Gasteiger partial charge in [0.25, 0.3) is 5.91 Å². The number of nitrogens with one attached hydrogen (secondary N) is 1. The summed E-state index contributed by atoms with van der Waals surface area (Å²) in [7, 11) is 2.27. The minimum absolute atomic E-state index is 0.130. The molecule has 0 saturated carbocycles. The number of aromatic nitrogens is 2. The Labute approximate surface area is 220 Å². The van der Waals surface area contributed by atoms with Gasteiger partial charge in [0.1, 0.15) is 17.5 Å². The van der Waals surface area contributed by atoms with Crippen LogP contribution in [-0.4, -0.2) is 55.0 Å². The molecule has 8 nitrogen and oxygen atoms in total. The third-order valence-corrected chi connectivity index (χ3v) is 3.76. The van der Waals surface area contributed by atoms with Crippen molar-refractivity contribution >= 4 is 29.2 Å². The second kappa shape index (κ2) is 10.1. The molecule has 0 bridgehead atoms. The fraction of sp³-hybridized carbons (Fsp3) is 0.280. The van der Waals surface area contributed by atoms with Crippen LogP contribution in [0, 0.1) is 6.92 Å². The third-order valence-electron chi connectivity index (χ3n) is 3.76. The van der Waals surface area contributed by atoms with Crippen LogP contribution in [0.4, 0.5) is 17.3 Å². The predicted molar refractivity (Wildman–Crippen MR) is 130 cm³/mol. The Morgan fingerprint density at radius 1 is 1.06 bits per heavy atom. The third kappa shape index (κ3) is 6.06. The Morgan fingerprint density at radius 2 is 1.67 bits per heavy atom. The molecule has 1 heterocycles. The summed E-state index contributed by atoms with van der Waals surface area (Å²) in [6.07, 6.45) is -7.08. The first kappa shape index (κ1) is 9.13. The zero-order valence-electron chi connectivity index (χ0n) is 36.5. The van der Waals surface area contributed by atoms with Crippen LogP contribution in [0.15, 0.2) is 48.3 Å². The van der Waals surface area contributed by atoms with E-state index in [4.69, 9.17) is 26.1 Å². The van der Waals surface area contributed by atoms with Gasteiger partial charge in [0.2, 0.25) is 0 Å². The van der Waals surface area contributed by atoms with Crippen molar-refractivity contribution in [1.29, 1.82) is 0 Å². The van der Waals surface area contributed by atoms with Gasteiger partial charge in [0.15, 0.2) is 1.41 Å². The minimum atomic E-state index is -3.71. The van der Waals surface area contributed by atoms with Crippen molar-refractivity contribution in [2.24, 2.45) is 0 Å². The molecule has 0 saturated heterocycles. The van der Waals surface area contributed by atoms with E-state index in [1.807, 2.05) is 0 Å². The predicted octanol–water partition coefficient (Wildman–Crippen LogP) is 3.39. The van der Waals surface area contributed by atoms with Crippen molar-refractivity contribution in [3.8, 4) is 0 Å². The van der Waals surface area contributed by atoms with Crippen LogP contribution < -0.4 is 15.1 Å². The van der Waals surface area contributed by atoms with E-state index in [1.54, 1.807) is 0 Å². The highest BCUT2D eigenvalue weighted by Crippen LogP contribution is 2.27. The lowest BCUT2D eigenvalue weighted by Gasteiger charge is -2.22. The number of amides is 1. The fourth-order valence-electron chi connectivity index (χ4n) is 2.37. The molecular formula is C25H29N5O3. The molecule has 0 fully saturated rings. The minimum Gasteiger partial charge on any atom is -0.481 e. The summed E-state index contributed by atoms with van der Waals surface area (Å²) in [4.78, 5) is 33.4. The number of carbonyl (C=O) groups is 2. The quantitative estimate of drug-likeness (QED) is 0.525. The molecular weight excluding hydrogens is 418 g/mol. The standard InChI is InChI=1S/C25H29N5O3/c1-16-6-10-18(11-7-16)25(33)26-19-12-8-17(9-13-19)14-21-27-23(29(2)3)20(15-22(31)32)24(28-21)30(4)5/h6-13H,14-15H2,1-5H3,(H,26,33)(H,31,32)/i2D3,3D3,6D,7D,8D,9D,10D,11D,12D,13D,14D2,15D2/hD. The Morgan fingerprint density at radius 3 is 2.21 bits per heavy atom.